The first-order chi connectivity index (χ1) is 40.0. The average molecular weight is 1160 g/mol. The lowest BCUT2D eigenvalue weighted by Gasteiger charge is -2.28. The molecule has 0 aliphatic carbocycles. The molecule has 0 rings (SSSR count). The Kier molecular flexibility index (Phi) is 57.9. The molecule has 0 amide bonds. The molecule has 0 heterocycles. The maximum Gasteiger partial charge on any atom is 0.306 e. The first-order valence-electron chi connectivity index (χ1n) is 32.2. The van der Waals surface area contributed by atoms with Gasteiger partial charge in [0.25, 0.3) is 7.82 Å². The average Bonchev–Trinajstić information content (AvgIpc) is 3.45. The third-order valence-electron chi connectivity index (χ3n) is 13.0. The molecule has 0 radical (unpaired) electrons. The van der Waals surface area contributed by atoms with Gasteiger partial charge in [-0.3, -0.25) is 14.2 Å². The number of phosphoric acid groups is 1. The van der Waals surface area contributed by atoms with Crippen LogP contribution in [0, 0.1) is 0 Å². The van der Waals surface area contributed by atoms with Crippen LogP contribution in [0.2, 0.25) is 0 Å². The number of esters is 2. The molecule has 9 nitrogen and oxygen atoms in total. The van der Waals surface area contributed by atoms with Crippen LogP contribution in [0.25, 0.3) is 0 Å². The number of carbonyl (C=O) groups is 2. The molecule has 464 valence electrons. The Bertz CT molecular complexity index is 1940. The number of unbranched alkanes of at least 4 members (excludes halogenated alkanes) is 17. The highest BCUT2D eigenvalue weighted by Crippen LogP contribution is 2.38. The van der Waals surface area contributed by atoms with Crippen LogP contribution in [0.3, 0.4) is 0 Å². The number of phosphoric ester groups is 1. The van der Waals surface area contributed by atoms with Gasteiger partial charge in [0, 0.05) is 12.8 Å². The number of likely N-dealkylation sites (N-methyl/N-ethyl adjacent to an activating group) is 1. The van der Waals surface area contributed by atoms with Crippen molar-refractivity contribution in [3.8, 4) is 0 Å². The van der Waals surface area contributed by atoms with E-state index >= 15 is 0 Å². The van der Waals surface area contributed by atoms with Crippen molar-refractivity contribution >= 4 is 19.8 Å². The molecular weight excluding hydrogens is 1040 g/mol. The molecule has 0 aliphatic rings. The molecule has 0 saturated carbocycles. The van der Waals surface area contributed by atoms with E-state index in [4.69, 9.17) is 18.5 Å². The van der Waals surface area contributed by atoms with E-state index in [1.165, 1.54) is 83.5 Å². The van der Waals surface area contributed by atoms with E-state index in [2.05, 4.69) is 166 Å². The number of rotatable bonds is 57. The number of hydrogen-bond donors (Lipinski definition) is 0. The SMILES string of the molecule is CC/C=C\C/C=C\C/C=C\C/C=C\C/C=C\C/C=C\C/C=C\C/C=C\C/C=C\CCCC(=O)OC(COC(=O)CCCCCCCCCCCCCCCCCC/C=C\C/C=C\C/C=C\C/C=C\CC)COP(=O)([O-])OCC[N+](C)(C)C. The third-order valence-corrected chi connectivity index (χ3v) is 14.0. The molecule has 2 unspecified atom stereocenters. The second-order valence-corrected chi connectivity index (χ2v) is 23.4. The Labute approximate surface area is 503 Å². The van der Waals surface area contributed by atoms with Crippen molar-refractivity contribution in [2.75, 3.05) is 47.5 Å². The predicted molar refractivity (Wildman–Crippen MR) is 350 cm³/mol. The van der Waals surface area contributed by atoms with Crippen LogP contribution in [-0.2, 0) is 32.7 Å². The second kappa shape index (κ2) is 61.2. The summed E-state index contributed by atoms with van der Waals surface area (Å²) >= 11 is 0. The monoisotopic (exact) mass is 1160 g/mol. The molecule has 0 bridgehead atoms. The lowest BCUT2D eigenvalue weighted by atomic mass is 10.0. The number of allylic oxidation sites excluding steroid dienone is 26. The van der Waals surface area contributed by atoms with E-state index in [0.717, 1.165) is 103 Å². The zero-order chi connectivity index (χ0) is 59.8. The molecular formula is C72H118NO8P. The second-order valence-electron chi connectivity index (χ2n) is 22.0. The molecule has 82 heavy (non-hydrogen) atoms. The summed E-state index contributed by atoms with van der Waals surface area (Å²) in [5.74, 6) is -0.911. The molecule has 10 heteroatoms. The van der Waals surface area contributed by atoms with Crippen LogP contribution in [-0.4, -0.2) is 70.0 Å². The van der Waals surface area contributed by atoms with Crippen molar-refractivity contribution in [3.05, 3.63) is 158 Å². The van der Waals surface area contributed by atoms with Crippen LogP contribution in [0.5, 0.6) is 0 Å². The standard InChI is InChI=1S/C72H118NO8P/c1-6-8-10-12-14-16-18-20-22-24-26-28-30-32-34-36-38-40-42-44-46-48-50-52-54-56-58-60-62-64-71(74)78-68-70(69-80-82(76,77)79-67-66-73(3,4)5)81-72(75)65-63-61-59-57-55-53-51-49-47-45-43-41-39-37-35-33-31-29-27-25-23-21-19-17-15-13-11-9-7-2/h8-11,14-17,20-23,26-29,33,35,39,41,45,47,51,53,57,59,70H,6-7,12-13,18-19,24-25,30-32,34,36-38,40,42-44,46,48-50,52,54-56,58,60-69H2,1-5H3/b10-8-,11-9-,16-14-,17-15-,22-20-,23-21-,28-26-,29-27-,35-33-,41-39-,47-45-,53-51-,59-57-. The van der Waals surface area contributed by atoms with Gasteiger partial charge in [0.2, 0.25) is 0 Å². The summed E-state index contributed by atoms with van der Waals surface area (Å²) in [4.78, 5) is 38.0. The van der Waals surface area contributed by atoms with Gasteiger partial charge in [0.1, 0.15) is 19.8 Å². The fourth-order valence-electron chi connectivity index (χ4n) is 8.18. The Hall–Kier alpha value is -4.37. The molecule has 2 atom stereocenters. The first kappa shape index (κ1) is 77.6. The van der Waals surface area contributed by atoms with Crippen LogP contribution in [0.15, 0.2) is 158 Å². The van der Waals surface area contributed by atoms with Gasteiger partial charge in [0.15, 0.2) is 6.10 Å². The van der Waals surface area contributed by atoms with Gasteiger partial charge in [-0.25, -0.2) is 0 Å². The molecule has 0 spiro atoms. The maximum atomic E-state index is 12.8. The highest BCUT2D eigenvalue weighted by molar-refractivity contribution is 7.45. The smallest absolute Gasteiger partial charge is 0.306 e. The third kappa shape index (κ3) is 64.8. The van der Waals surface area contributed by atoms with Gasteiger partial charge in [-0.05, 0) is 116 Å². The molecule has 0 aromatic heterocycles. The Morgan fingerprint density at radius 2 is 0.671 bits per heavy atom. The van der Waals surface area contributed by atoms with Crippen LogP contribution >= 0.6 is 7.82 Å². The van der Waals surface area contributed by atoms with Gasteiger partial charge in [-0.2, -0.15) is 0 Å². The van der Waals surface area contributed by atoms with E-state index in [1.54, 1.807) is 0 Å². The largest absolute Gasteiger partial charge is 0.756 e. The van der Waals surface area contributed by atoms with Crippen molar-refractivity contribution in [2.45, 2.75) is 238 Å². The van der Waals surface area contributed by atoms with E-state index in [9.17, 15) is 19.0 Å². The maximum absolute atomic E-state index is 12.8. The number of hydrogen-bond acceptors (Lipinski definition) is 8. The molecule has 0 saturated heterocycles. The minimum atomic E-state index is -4.67. The van der Waals surface area contributed by atoms with E-state index in [0.29, 0.717) is 30.3 Å². The lowest BCUT2D eigenvalue weighted by molar-refractivity contribution is -0.870. The summed E-state index contributed by atoms with van der Waals surface area (Å²) in [7, 11) is 1.11. The van der Waals surface area contributed by atoms with Gasteiger partial charge < -0.3 is 27.9 Å². The zero-order valence-electron chi connectivity index (χ0n) is 52.6. The zero-order valence-corrected chi connectivity index (χ0v) is 53.5. The topological polar surface area (TPSA) is 111 Å². The van der Waals surface area contributed by atoms with E-state index < -0.39 is 32.5 Å². The van der Waals surface area contributed by atoms with E-state index in [1.807, 2.05) is 27.2 Å². The van der Waals surface area contributed by atoms with Crippen molar-refractivity contribution in [3.63, 3.8) is 0 Å². The van der Waals surface area contributed by atoms with Crippen LogP contribution in [0.1, 0.15) is 232 Å². The summed E-state index contributed by atoms with van der Waals surface area (Å²) in [5, 5.41) is 0. The highest BCUT2D eigenvalue weighted by atomic mass is 31.2. The number of quaternary nitrogens is 1. The van der Waals surface area contributed by atoms with Crippen molar-refractivity contribution in [1.82, 2.24) is 0 Å². The Morgan fingerprint density at radius 1 is 0.378 bits per heavy atom. The van der Waals surface area contributed by atoms with Crippen molar-refractivity contribution < 1.29 is 42.1 Å². The summed E-state index contributed by atoms with van der Waals surface area (Å²) in [6.07, 6.45) is 91.7. The minimum Gasteiger partial charge on any atom is -0.756 e. The van der Waals surface area contributed by atoms with Gasteiger partial charge in [-0.1, -0.05) is 262 Å². The Morgan fingerprint density at radius 3 is 1.01 bits per heavy atom. The molecule has 0 aromatic carbocycles. The van der Waals surface area contributed by atoms with Crippen LogP contribution < -0.4 is 4.89 Å². The Balaban J connectivity index is 4.23. The fraction of sp³-hybridized carbons (Fsp3) is 0.611. The van der Waals surface area contributed by atoms with Crippen molar-refractivity contribution in [2.24, 2.45) is 0 Å². The molecule has 0 N–H and O–H groups in total. The minimum absolute atomic E-state index is 0.0499. The normalized spacial score (nSPS) is 14.3. The lowest BCUT2D eigenvalue weighted by Crippen LogP contribution is -2.37. The fourth-order valence-corrected chi connectivity index (χ4v) is 8.91. The first-order valence-corrected chi connectivity index (χ1v) is 33.7. The highest BCUT2D eigenvalue weighted by Gasteiger charge is 2.21. The number of ether oxygens (including phenoxy) is 2. The molecule has 0 fully saturated rings. The van der Waals surface area contributed by atoms with Gasteiger partial charge in [0.05, 0.1) is 27.7 Å². The van der Waals surface area contributed by atoms with Gasteiger partial charge >= 0.3 is 11.9 Å². The van der Waals surface area contributed by atoms with Crippen LogP contribution in [0.4, 0.5) is 0 Å². The van der Waals surface area contributed by atoms with Crippen molar-refractivity contribution in [1.29, 1.82) is 0 Å². The summed E-state index contributed by atoms with van der Waals surface area (Å²) < 4.78 is 34.2. The molecule has 0 aromatic rings. The molecule has 0 aliphatic heterocycles. The summed E-state index contributed by atoms with van der Waals surface area (Å²) in [6, 6.07) is 0. The summed E-state index contributed by atoms with van der Waals surface area (Å²) in [6.45, 7) is 3.94. The van der Waals surface area contributed by atoms with Gasteiger partial charge in [-0.15, -0.1) is 0 Å². The number of carbonyl (C=O) groups excluding carboxylic acids is 2. The quantitative estimate of drug-likeness (QED) is 0.0195. The van der Waals surface area contributed by atoms with E-state index in [-0.39, 0.29) is 26.1 Å². The predicted octanol–water partition coefficient (Wildman–Crippen LogP) is 20.2. The summed E-state index contributed by atoms with van der Waals surface area (Å²) in [5.41, 5.74) is 0. The number of nitrogens with zero attached hydrogens (tertiary/aromatic N) is 1.